The molecule has 2 atom stereocenters. The smallest absolute Gasteiger partial charge is 0.434 e. The lowest BCUT2D eigenvalue weighted by Gasteiger charge is -2.17. The SMILES string of the molecule is COc1c(F)ccc2c1CCC2Nc1nc(C)cc2cc(-c3c4c(nc(CCc5ccc(F)cc5)c3-c3n[nH]c(=O)o3)C(C3CC3)NC4=O)sc12. The number of hydrogen-bond donors (Lipinski definition) is 3. The summed E-state index contributed by atoms with van der Waals surface area (Å²) < 4.78 is 40.1. The number of aromatic nitrogens is 4. The van der Waals surface area contributed by atoms with E-state index in [0.717, 1.165) is 56.6 Å². The number of nitrogens with zero attached hydrogens (tertiary/aromatic N) is 3. The summed E-state index contributed by atoms with van der Waals surface area (Å²) in [5.74, 6) is -0.370. The third kappa shape index (κ3) is 5.47. The molecule has 1 aliphatic heterocycles. The number of rotatable bonds is 9. The van der Waals surface area contributed by atoms with Gasteiger partial charge < -0.3 is 19.8 Å². The topological polar surface area (TPSA) is 135 Å². The highest BCUT2D eigenvalue weighted by Crippen LogP contribution is 2.51. The number of carbonyl (C=O) groups excluding carboxylic acids is 1. The third-order valence-corrected chi connectivity index (χ3v) is 11.3. The van der Waals surface area contributed by atoms with Crippen molar-refractivity contribution in [1.29, 1.82) is 0 Å². The standard InChI is InChI=1S/C38H32F2N6O4S/c1-17-15-20-16-27(51-34(20)35(41-17)43-25-14-11-23-22(25)10-12-24(40)33(23)49-2)29-28(37-45-46-38(48)50-37)26(13-5-18-3-8-21(39)9-4-18)42-32-30(29)36(47)44-31(32)19-6-7-19/h3-4,8-10,12,15-16,19,25,31H,5-7,11,13-14H2,1-2H3,(H,41,43)(H,44,47)(H,46,48). The van der Waals surface area contributed by atoms with Crippen molar-refractivity contribution in [3.05, 3.63) is 110 Å². The van der Waals surface area contributed by atoms with E-state index in [4.69, 9.17) is 19.1 Å². The van der Waals surface area contributed by atoms with Crippen LogP contribution < -0.4 is 21.1 Å². The molecule has 258 valence electrons. The number of nitrogens with one attached hydrogen (secondary N) is 3. The van der Waals surface area contributed by atoms with Crippen LogP contribution in [0.5, 0.6) is 5.75 Å². The number of thiophene rings is 1. The van der Waals surface area contributed by atoms with Gasteiger partial charge in [0.1, 0.15) is 11.6 Å². The molecule has 1 saturated carbocycles. The van der Waals surface area contributed by atoms with Crippen molar-refractivity contribution < 1.29 is 22.7 Å². The summed E-state index contributed by atoms with van der Waals surface area (Å²) in [6.45, 7) is 1.93. The van der Waals surface area contributed by atoms with Gasteiger partial charge in [0.25, 0.3) is 11.8 Å². The summed E-state index contributed by atoms with van der Waals surface area (Å²) in [7, 11) is 1.48. The van der Waals surface area contributed by atoms with Gasteiger partial charge in [-0.05, 0) is 98.2 Å². The van der Waals surface area contributed by atoms with Crippen molar-refractivity contribution in [2.24, 2.45) is 5.92 Å². The molecule has 2 aromatic carbocycles. The molecule has 1 fully saturated rings. The van der Waals surface area contributed by atoms with Crippen LogP contribution in [0.3, 0.4) is 0 Å². The van der Waals surface area contributed by atoms with E-state index in [1.54, 1.807) is 18.2 Å². The molecule has 10 nitrogen and oxygen atoms in total. The highest BCUT2D eigenvalue weighted by Gasteiger charge is 2.44. The van der Waals surface area contributed by atoms with Crippen LogP contribution in [0.1, 0.15) is 75.5 Å². The minimum atomic E-state index is -0.725. The Morgan fingerprint density at radius 3 is 2.57 bits per heavy atom. The molecule has 2 aliphatic carbocycles. The number of aryl methyl sites for hydroxylation is 3. The van der Waals surface area contributed by atoms with Gasteiger partial charge in [-0.15, -0.1) is 16.4 Å². The van der Waals surface area contributed by atoms with Crippen molar-refractivity contribution in [1.82, 2.24) is 25.5 Å². The summed E-state index contributed by atoms with van der Waals surface area (Å²) in [6.07, 6.45) is 4.35. The van der Waals surface area contributed by atoms with Gasteiger partial charge in [-0.3, -0.25) is 9.78 Å². The minimum Gasteiger partial charge on any atom is -0.493 e. The van der Waals surface area contributed by atoms with Crippen molar-refractivity contribution in [2.75, 3.05) is 12.4 Å². The summed E-state index contributed by atoms with van der Waals surface area (Å²) in [6, 6.07) is 13.3. The second-order valence-electron chi connectivity index (χ2n) is 13.4. The minimum absolute atomic E-state index is 0.0379. The Bertz CT molecular complexity index is 2430. The molecular weight excluding hydrogens is 675 g/mol. The molecule has 5 heterocycles. The molecule has 9 rings (SSSR count). The average molecular weight is 707 g/mol. The Hall–Kier alpha value is -5.43. The zero-order valence-corrected chi connectivity index (χ0v) is 28.5. The van der Waals surface area contributed by atoms with Crippen LogP contribution in [0.25, 0.3) is 32.0 Å². The first-order valence-corrected chi connectivity index (χ1v) is 17.8. The van der Waals surface area contributed by atoms with Crippen LogP contribution in [0, 0.1) is 24.5 Å². The number of benzene rings is 2. The zero-order chi connectivity index (χ0) is 35.0. The van der Waals surface area contributed by atoms with Gasteiger partial charge in [0.2, 0.25) is 0 Å². The molecule has 4 aromatic heterocycles. The van der Waals surface area contributed by atoms with Gasteiger partial charge >= 0.3 is 5.76 Å². The van der Waals surface area contributed by atoms with Gasteiger partial charge in [0.15, 0.2) is 11.6 Å². The number of ether oxygens (including phenoxy) is 1. The predicted molar refractivity (Wildman–Crippen MR) is 188 cm³/mol. The van der Waals surface area contributed by atoms with E-state index in [0.29, 0.717) is 59.1 Å². The lowest BCUT2D eigenvalue weighted by Crippen LogP contribution is -2.20. The number of anilines is 1. The van der Waals surface area contributed by atoms with Crippen LogP contribution in [-0.4, -0.2) is 33.2 Å². The number of hydrogen-bond acceptors (Lipinski definition) is 9. The highest BCUT2D eigenvalue weighted by atomic mass is 32.1. The van der Waals surface area contributed by atoms with Crippen LogP contribution in [0.15, 0.2) is 57.7 Å². The quantitative estimate of drug-likeness (QED) is 0.142. The van der Waals surface area contributed by atoms with E-state index in [1.807, 2.05) is 19.1 Å². The first-order chi connectivity index (χ1) is 24.7. The van der Waals surface area contributed by atoms with E-state index >= 15 is 0 Å². The lowest BCUT2D eigenvalue weighted by molar-refractivity contribution is 0.0953. The maximum atomic E-state index is 14.5. The van der Waals surface area contributed by atoms with Crippen LogP contribution in [0.2, 0.25) is 0 Å². The molecule has 3 aliphatic rings. The van der Waals surface area contributed by atoms with Gasteiger partial charge in [-0.2, -0.15) is 0 Å². The molecular formula is C38H32F2N6O4S. The molecule has 2 unspecified atom stereocenters. The number of H-pyrrole nitrogens is 1. The molecule has 3 N–H and O–H groups in total. The van der Waals surface area contributed by atoms with E-state index < -0.39 is 5.76 Å². The van der Waals surface area contributed by atoms with E-state index in [2.05, 4.69) is 20.8 Å². The molecule has 6 aromatic rings. The van der Waals surface area contributed by atoms with Crippen molar-refractivity contribution >= 4 is 33.1 Å². The van der Waals surface area contributed by atoms with Gasteiger partial charge in [0.05, 0.1) is 46.4 Å². The summed E-state index contributed by atoms with van der Waals surface area (Å²) >= 11 is 1.48. The van der Waals surface area contributed by atoms with E-state index in [-0.39, 0.29) is 41.3 Å². The zero-order valence-electron chi connectivity index (χ0n) is 27.7. The molecule has 0 saturated heterocycles. The van der Waals surface area contributed by atoms with E-state index in [9.17, 15) is 18.4 Å². The fourth-order valence-electron chi connectivity index (χ4n) is 7.65. The van der Waals surface area contributed by atoms with Crippen LogP contribution in [0.4, 0.5) is 14.6 Å². The Morgan fingerprint density at radius 1 is 1.00 bits per heavy atom. The van der Waals surface area contributed by atoms with Gasteiger partial charge in [0, 0.05) is 21.7 Å². The Balaban J connectivity index is 1.21. The van der Waals surface area contributed by atoms with Crippen molar-refractivity contribution in [2.45, 2.75) is 57.5 Å². The van der Waals surface area contributed by atoms with Crippen molar-refractivity contribution in [3.63, 3.8) is 0 Å². The largest absolute Gasteiger partial charge is 0.493 e. The Kier molecular flexibility index (Phi) is 7.49. The van der Waals surface area contributed by atoms with Crippen LogP contribution >= 0.6 is 11.3 Å². The highest BCUT2D eigenvalue weighted by molar-refractivity contribution is 7.23. The van der Waals surface area contributed by atoms with Gasteiger partial charge in [-0.1, -0.05) is 18.2 Å². The maximum absolute atomic E-state index is 14.5. The summed E-state index contributed by atoms with van der Waals surface area (Å²) in [5, 5.41) is 14.4. The average Bonchev–Trinajstić information content (AvgIpc) is 3.37. The lowest BCUT2D eigenvalue weighted by atomic mass is 9.93. The normalized spacial score (nSPS) is 17.8. The van der Waals surface area contributed by atoms with Gasteiger partial charge in [-0.25, -0.2) is 23.7 Å². The number of amides is 1. The predicted octanol–water partition coefficient (Wildman–Crippen LogP) is 7.38. The molecule has 0 radical (unpaired) electrons. The number of methoxy groups -OCH3 is 1. The number of aromatic amines is 1. The number of pyridine rings is 2. The second kappa shape index (κ2) is 12.1. The Morgan fingerprint density at radius 2 is 1.82 bits per heavy atom. The molecule has 51 heavy (non-hydrogen) atoms. The molecule has 13 heteroatoms. The molecule has 0 spiro atoms. The number of fused-ring (bicyclic) bond motifs is 3. The first-order valence-electron chi connectivity index (χ1n) is 17.0. The Labute approximate surface area is 294 Å². The third-order valence-electron chi connectivity index (χ3n) is 10.1. The molecule has 1 amide bonds. The van der Waals surface area contributed by atoms with Crippen molar-refractivity contribution in [3.8, 4) is 27.6 Å². The summed E-state index contributed by atoms with van der Waals surface area (Å²) in [4.78, 5) is 37.1. The maximum Gasteiger partial charge on any atom is 0.434 e. The first kappa shape index (κ1) is 31.5. The number of halogens is 2. The summed E-state index contributed by atoms with van der Waals surface area (Å²) in [5.41, 5.74) is 6.35. The fraction of sp³-hybridized carbons (Fsp3) is 0.289. The van der Waals surface area contributed by atoms with E-state index in [1.165, 1.54) is 36.6 Å². The number of carbonyl (C=O) groups is 1. The monoisotopic (exact) mass is 706 g/mol. The second-order valence-corrected chi connectivity index (χ2v) is 14.5. The van der Waals surface area contributed by atoms with Crippen LogP contribution in [-0.2, 0) is 19.3 Å². The fourth-order valence-corrected chi connectivity index (χ4v) is 8.80. The molecule has 0 bridgehead atoms.